The first-order chi connectivity index (χ1) is 13.1. The molecule has 0 radical (unpaired) electrons. The molecule has 3 aromatic carbocycles. The van der Waals surface area contributed by atoms with Gasteiger partial charge in [0.15, 0.2) is 0 Å². The van der Waals surface area contributed by atoms with E-state index < -0.39 is 10.0 Å². The third kappa shape index (κ3) is 2.47. The molecule has 5 rings (SSSR count). The van der Waals surface area contributed by atoms with E-state index in [0.29, 0.717) is 4.90 Å². The molecular weight excluding hydrogens is 354 g/mol. The van der Waals surface area contributed by atoms with Crippen LogP contribution < -0.4 is 0 Å². The van der Waals surface area contributed by atoms with E-state index in [-0.39, 0.29) is 18.0 Å². The summed E-state index contributed by atoms with van der Waals surface area (Å²) in [4.78, 5) is 0.379. The van der Waals surface area contributed by atoms with Crippen molar-refractivity contribution >= 4 is 10.0 Å². The minimum atomic E-state index is -3.57. The van der Waals surface area contributed by atoms with Gasteiger partial charge in [-0.25, -0.2) is 8.42 Å². The molecule has 27 heavy (non-hydrogen) atoms. The molecule has 2 heterocycles. The van der Waals surface area contributed by atoms with Crippen LogP contribution in [-0.2, 0) is 10.0 Å². The summed E-state index contributed by atoms with van der Waals surface area (Å²) in [7, 11) is -3.57. The Morgan fingerprint density at radius 2 is 1.44 bits per heavy atom. The third-order valence-electron chi connectivity index (χ3n) is 5.94. The van der Waals surface area contributed by atoms with Crippen LogP contribution in [0.5, 0.6) is 0 Å². The van der Waals surface area contributed by atoms with E-state index in [4.69, 9.17) is 0 Å². The Morgan fingerprint density at radius 3 is 2.15 bits per heavy atom. The zero-order valence-corrected chi connectivity index (χ0v) is 15.9. The van der Waals surface area contributed by atoms with Crippen LogP contribution in [-0.4, -0.2) is 12.7 Å². The molecule has 3 atom stereocenters. The summed E-state index contributed by atoms with van der Waals surface area (Å²) in [5.41, 5.74) is 4.58. The van der Waals surface area contributed by atoms with Crippen LogP contribution in [0.2, 0.25) is 0 Å². The SMILES string of the molecule is Cc1ccc(S(=O)(=O)N2[C@@H]3C[C@H](c4ccccc4)[C@H]2c2ccccc23)cc1. The molecule has 0 aliphatic carbocycles. The molecule has 4 heteroatoms. The lowest BCUT2D eigenvalue weighted by molar-refractivity contribution is 0.359. The molecule has 0 N–H and O–H groups in total. The molecule has 2 aliphatic heterocycles. The number of benzene rings is 3. The van der Waals surface area contributed by atoms with Crippen LogP contribution >= 0.6 is 0 Å². The van der Waals surface area contributed by atoms with Crippen LogP contribution in [0.3, 0.4) is 0 Å². The van der Waals surface area contributed by atoms with Crippen molar-refractivity contribution in [3.63, 3.8) is 0 Å². The standard InChI is InChI=1S/C23H21NO2S/c1-16-11-13-18(14-12-16)27(25,26)24-22-15-21(17-7-3-2-4-8-17)23(24)20-10-6-5-9-19(20)22/h2-14,21-23H,15H2,1H3/t21-,22-,23-/m1/s1. The second kappa shape index (κ2) is 6.04. The van der Waals surface area contributed by atoms with E-state index in [1.165, 1.54) is 5.56 Å². The summed E-state index contributed by atoms with van der Waals surface area (Å²) in [6.07, 6.45) is 0.830. The summed E-state index contributed by atoms with van der Waals surface area (Å²) < 4.78 is 28.9. The van der Waals surface area contributed by atoms with E-state index in [1.54, 1.807) is 16.4 Å². The minimum Gasteiger partial charge on any atom is -0.207 e. The van der Waals surface area contributed by atoms with E-state index >= 15 is 0 Å². The normalized spacial score (nSPS) is 24.1. The van der Waals surface area contributed by atoms with Gasteiger partial charge in [-0.2, -0.15) is 4.31 Å². The number of nitrogens with zero attached hydrogens (tertiary/aromatic N) is 1. The maximum atomic E-state index is 13.6. The van der Waals surface area contributed by atoms with Crippen LogP contribution in [0.15, 0.2) is 83.8 Å². The van der Waals surface area contributed by atoms with Gasteiger partial charge in [0.05, 0.1) is 17.0 Å². The molecule has 3 nitrogen and oxygen atoms in total. The highest BCUT2D eigenvalue weighted by Crippen LogP contribution is 2.61. The molecule has 0 spiro atoms. The van der Waals surface area contributed by atoms with E-state index in [0.717, 1.165) is 23.1 Å². The molecule has 2 aliphatic rings. The molecule has 3 aromatic rings. The Balaban J connectivity index is 1.64. The Morgan fingerprint density at radius 1 is 0.815 bits per heavy atom. The van der Waals surface area contributed by atoms with Crippen LogP contribution in [0.1, 0.15) is 46.7 Å². The van der Waals surface area contributed by atoms with Gasteiger partial charge in [0, 0.05) is 5.92 Å². The minimum absolute atomic E-state index is 0.0947. The number of aryl methyl sites for hydroxylation is 1. The predicted octanol–water partition coefficient (Wildman–Crippen LogP) is 4.97. The van der Waals surface area contributed by atoms with Crippen LogP contribution in [0, 0.1) is 6.92 Å². The number of sulfonamides is 1. The average molecular weight is 375 g/mol. The van der Waals surface area contributed by atoms with Gasteiger partial charge in [0.2, 0.25) is 10.0 Å². The summed E-state index contributed by atoms with van der Waals surface area (Å²) in [6.45, 7) is 1.97. The van der Waals surface area contributed by atoms with Crippen molar-refractivity contribution in [2.75, 3.05) is 0 Å². The molecule has 136 valence electrons. The van der Waals surface area contributed by atoms with Crippen molar-refractivity contribution in [3.05, 3.63) is 101 Å². The molecule has 0 unspecified atom stereocenters. The van der Waals surface area contributed by atoms with Crippen molar-refractivity contribution in [3.8, 4) is 0 Å². The van der Waals surface area contributed by atoms with Crippen LogP contribution in [0.25, 0.3) is 0 Å². The second-order valence-electron chi connectivity index (χ2n) is 7.49. The van der Waals surface area contributed by atoms with Crippen molar-refractivity contribution in [1.29, 1.82) is 0 Å². The largest absolute Gasteiger partial charge is 0.244 e. The lowest BCUT2D eigenvalue weighted by Gasteiger charge is -2.25. The molecule has 2 bridgehead atoms. The van der Waals surface area contributed by atoms with Gasteiger partial charge < -0.3 is 0 Å². The first kappa shape index (κ1) is 16.7. The number of hydrogen-bond acceptors (Lipinski definition) is 2. The average Bonchev–Trinajstić information content (AvgIpc) is 3.25. The van der Waals surface area contributed by atoms with E-state index in [1.807, 2.05) is 49.4 Å². The van der Waals surface area contributed by atoms with Crippen molar-refractivity contribution < 1.29 is 8.42 Å². The lowest BCUT2D eigenvalue weighted by atomic mass is 9.80. The highest BCUT2D eigenvalue weighted by atomic mass is 32.2. The first-order valence-electron chi connectivity index (χ1n) is 9.31. The molecular formula is C23H21NO2S. The Kier molecular flexibility index (Phi) is 3.74. The molecule has 1 saturated heterocycles. The van der Waals surface area contributed by atoms with Gasteiger partial charge in [0.25, 0.3) is 0 Å². The lowest BCUT2D eigenvalue weighted by Crippen LogP contribution is -2.29. The summed E-state index contributed by atoms with van der Waals surface area (Å²) in [5.74, 6) is 0.186. The molecule has 1 fully saturated rings. The van der Waals surface area contributed by atoms with Gasteiger partial charge in [0.1, 0.15) is 0 Å². The fourth-order valence-electron chi connectivity index (χ4n) is 4.71. The van der Waals surface area contributed by atoms with Gasteiger partial charge in [-0.05, 0) is 42.2 Å². The Hall–Kier alpha value is -2.43. The number of hydrogen-bond donors (Lipinski definition) is 0. The summed E-state index contributed by atoms with van der Waals surface area (Å²) in [5, 5.41) is 0. The van der Waals surface area contributed by atoms with E-state index in [9.17, 15) is 8.42 Å². The maximum Gasteiger partial charge on any atom is 0.244 e. The fourth-order valence-corrected chi connectivity index (χ4v) is 6.53. The third-order valence-corrected chi connectivity index (χ3v) is 7.84. The number of rotatable bonds is 3. The molecule has 0 saturated carbocycles. The zero-order chi connectivity index (χ0) is 18.6. The van der Waals surface area contributed by atoms with Crippen molar-refractivity contribution in [2.45, 2.75) is 36.2 Å². The van der Waals surface area contributed by atoms with E-state index in [2.05, 4.69) is 24.3 Å². The Bertz CT molecular complexity index is 1090. The van der Waals surface area contributed by atoms with Crippen molar-refractivity contribution in [1.82, 2.24) is 4.31 Å². The quantitative estimate of drug-likeness (QED) is 0.648. The molecule has 0 amide bonds. The highest BCUT2D eigenvalue weighted by Gasteiger charge is 2.55. The van der Waals surface area contributed by atoms with Gasteiger partial charge in [-0.15, -0.1) is 0 Å². The topological polar surface area (TPSA) is 37.4 Å². The van der Waals surface area contributed by atoms with Gasteiger partial charge in [-0.3, -0.25) is 0 Å². The van der Waals surface area contributed by atoms with Gasteiger partial charge in [-0.1, -0.05) is 72.3 Å². The Labute approximate surface area is 160 Å². The monoisotopic (exact) mass is 375 g/mol. The zero-order valence-electron chi connectivity index (χ0n) is 15.1. The fraction of sp³-hybridized carbons (Fsp3) is 0.217. The summed E-state index contributed by atoms with van der Waals surface area (Å²) >= 11 is 0. The maximum absolute atomic E-state index is 13.6. The molecule has 0 aromatic heterocycles. The predicted molar refractivity (Wildman–Crippen MR) is 106 cm³/mol. The number of fused-ring (bicyclic) bond motifs is 5. The first-order valence-corrected chi connectivity index (χ1v) is 10.8. The highest BCUT2D eigenvalue weighted by molar-refractivity contribution is 7.89. The second-order valence-corrected chi connectivity index (χ2v) is 9.33. The summed E-state index contributed by atoms with van der Waals surface area (Å²) in [6, 6.07) is 25.5. The van der Waals surface area contributed by atoms with Gasteiger partial charge >= 0.3 is 0 Å². The van der Waals surface area contributed by atoms with Crippen molar-refractivity contribution in [2.24, 2.45) is 0 Å². The smallest absolute Gasteiger partial charge is 0.207 e. The van der Waals surface area contributed by atoms with Crippen LogP contribution in [0.4, 0.5) is 0 Å².